The maximum Gasteiger partial charge on any atom is 0.0410 e. The number of nitrogens with two attached hydrogens (primary N) is 1. The van der Waals surface area contributed by atoms with Gasteiger partial charge in [-0.2, -0.15) is 0 Å². The molecule has 0 aromatic carbocycles. The minimum atomic E-state index is 0.152. The predicted octanol–water partition coefficient (Wildman–Crippen LogP) is 2.38. The minimum absolute atomic E-state index is 0.152. The zero-order valence-corrected chi connectivity index (χ0v) is 10.3. The van der Waals surface area contributed by atoms with E-state index in [9.17, 15) is 0 Å². The third kappa shape index (κ3) is 2.36. The Morgan fingerprint density at radius 3 is 2.60 bits per heavy atom. The summed E-state index contributed by atoms with van der Waals surface area (Å²) in [4.78, 5) is 2.63. The van der Waals surface area contributed by atoms with Gasteiger partial charge in [0.2, 0.25) is 0 Å². The predicted molar refractivity (Wildman–Crippen MR) is 64.8 cm³/mol. The Bertz CT molecular complexity index is 209. The average Bonchev–Trinajstić information content (AvgIpc) is 2.25. The highest BCUT2D eigenvalue weighted by atomic mass is 15.3. The Hall–Kier alpha value is -0.0800. The molecule has 88 valence electrons. The van der Waals surface area contributed by atoms with Gasteiger partial charge in [0.1, 0.15) is 0 Å². The Morgan fingerprint density at radius 1 is 1.27 bits per heavy atom. The molecule has 2 aliphatic rings. The fourth-order valence-corrected chi connectivity index (χ4v) is 3.21. The van der Waals surface area contributed by atoms with Crippen molar-refractivity contribution < 1.29 is 0 Å². The summed E-state index contributed by atoms with van der Waals surface area (Å²) >= 11 is 0. The molecule has 1 saturated carbocycles. The van der Waals surface area contributed by atoms with Gasteiger partial charge in [-0.1, -0.05) is 33.1 Å². The van der Waals surface area contributed by atoms with E-state index in [-0.39, 0.29) is 5.54 Å². The summed E-state index contributed by atoms with van der Waals surface area (Å²) in [6, 6.07) is 0.854. The van der Waals surface area contributed by atoms with Crippen molar-refractivity contribution in [1.29, 1.82) is 0 Å². The highest BCUT2D eigenvalue weighted by Crippen LogP contribution is 2.34. The van der Waals surface area contributed by atoms with Crippen LogP contribution in [0, 0.1) is 5.92 Å². The fraction of sp³-hybridized carbons (Fsp3) is 1.00. The monoisotopic (exact) mass is 210 g/mol. The fourth-order valence-electron chi connectivity index (χ4n) is 3.21. The molecule has 2 fully saturated rings. The van der Waals surface area contributed by atoms with Gasteiger partial charge < -0.3 is 5.73 Å². The van der Waals surface area contributed by atoms with E-state index in [4.69, 9.17) is 5.73 Å². The van der Waals surface area contributed by atoms with Gasteiger partial charge in [0, 0.05) is 24.7 Å². The molecule has 2 atom stereocenters. The van der Waals surface area contributed by atoms with Crippen molar-refractivity contribution in [3.05, 3.63) is 0 Å². The third-order valence-corrected chi connectivity index (χ3v) is 4.59. The van der Waals surface area contributed by atoms with E-state index in [0.717, 1.165) is 31.5 Å². The summed E-state index contributed by atoms with van der Waals surface area (Å²) < 4.78 is 0. The summed E-state index contributed by atoms with van der Waals surface area (Å²) in [5.74, 6) is 0.984. The largest absolute Gasteiger partial charge is 0.323 e. The van der Waals surface area contributed by atoms with E-state index in [1.54, 1.807) is 0 Å². The molecule has 2 nitrogen and oxygen atoms in total. The first-order chi connectivity index (χ1) is 7.17. The van der Waals surface area contributed by atoms with Crippen molar-refractivity contribution in [2.24, 2.45) is 11.7 Å². The molecule has 1 heterocycles. The highest BCUT2D eigenvalue weighted by Gasteiger charge is 2.41. The Morgan fingerprint density at radius 2 is 2.00 bits per heavy atom. The van der Waals surface area contributed by atoms with Crippen LogP contribution in [-0.2, 0) is 0 Å². The molecule has 0 bridgehead atoms. The molecule has 2 rings (SSSR count). The maximum atomic E-state index is 6.22. The lowest BCUT2D eigenvalue weighted by molar-refractivity contribution is 0.00323. The topological polar surface area (TPSA) is 29.3 Å². The van der Waals surface area contributed by atoms with Gasteiger partial charge in [-0.3, -0.25) is 4.90 Å². The molecular formula is C13H26N2. The first-order valence-corrected chi connectivity index (χ1v) is 6.70. The van der Waals surface area contributed by atoms with E-state index in [1.165, 1.54) is 32.1 Å². The quantitative estimate of drug-likeness (QED) is 0.775. The molecule has 2 N–H and O–H groups in total. The summed E-state index contributed by atoms with van der Waals surface area (Å²) in [5.41, 5.74) is 6.38. The van der Waals surface area contributed by atoms with Crippen LogP contribution in [0.3, 0.4) is 0 Å². The lowest BCUT2D eigenvalue weighted by Gasteiger charge is -2.52. The van der Waals surface area contributed by atoms with Crippen molar-refractivity contribution in [3.63, 3.8) is 0 Å². The number of hydrogen-bond acceptors (Lipinski definition) is 2. The molecular weight excluding hydrogens is 184 g/mol. The average molecular weight is 210 g/mol. The van der Waals surface area contributed by atoms with Crippen LogP contribution in [0.25, 0.3) is 0 Å². The van der Waals surface area contributed by atoms with Crippen molar-refractivity contribution in [2.75, 3.05) is 13.1 Å². The van der Waals surface area contributed by atoms with E-state index in [2.05, 4.69) is 18.7 Å². The SMILES string of the molecule is CCC1CCCC(N2CC(N)(CC)C2)C1. The summed E-state index contributed by atoms with van der Waals surface area (Å²) in [7, 11) is 0. The zero-order chi connectivity index (χ0) is 10.9. The van der Waals surface area contributed by atoms with Crippen LogP contribution >= 0.6 is 0 Å². The minimum Gasteiger partial charge on any atom is -0.323 e. The van der Waals surface area contributed by atoms with E-state index in [1.807, 2.05) is 0 Å². The number of hydrogen-bond donors (Lipinski definition) is 1. The van der Waals surface area contributed by atoms with E-state index >= 15 is 0 Å². The van der Waals surface area contributed by atoms with Crippen molar-refractivity contribution >= 4 is 0 Å². The first kappa shape index (κ1) is 11.4. The van der Waals surface area contributed by atoms with E-state index in [0.29, 0.717) is 0 Å². The van der Waals surface area contributed by atoms with Crippen LogP contribution in [0.5, 0.6) is 0 Å². The summed E-state index contributed by atoms with van der Waals surface area (Å²) in [6.45, 7) is 6.84. The molecule has 2 heteroatoms. The molecule has 1 aliphatic heterocycles. The molecule has 1 saturated heterocycles. The molecule has 0 radical (unpaired) electrons. The van der Waals surface area contributed by atoms with Gasteiger partial charge in [-0.25, -0.2) is 0 Å². The van der Waals surface area contributed by atoms with Crippen LogP contribution in [0.1, 0.15) is 52.4 Å². The molecule has 15 heavy (non-hydrogen) atoms. The number of likely N-dealkylation sites (tertiary alicyclic amines) is 1. The molecule has 2 unspecified atom stereocenters. The molecule has 0 aromatic rings. The smallest absolute Gasteiger partial charge is 0.0410 e. The standard InChI is InChI=1S/C13H26N2/c1-3-11-6-5-7-12(8-11)15-9-13(14,4-2)10-15/h11-12H,3-10,14H2,1-2H3. The van der Waals surface area contributed by atoms with Crippen molar-refractivity contribution in [3.8, 4) is 0 Å². The van der Waals surface area contributed by atoms with Gasteiger partial charge in [-0.15, -0.1) is 0 Å². The number of rotatable bonds is 3. The second-order valence-electron chi connectivity index (χ2n) is 5.72. The van der Waals surface area contributed by atoms with Gasteiger partial charge in [0.25, 0.3) is 0 Å². The van der Waals surface area contributed by atoms with Crippen LogP contribution in [0.15, 0.2) is 0 Å². The molecule has 1 aliphatic carbocycles. The Balaban J connectivity index is 1.81. The van der Waals surface area contributed by atoms with Crippen molar-refractivity contribution in [2.45, 2.75) is 64.0 Å². The van der Waals surface area contributed by atoms with Crippen LogP contribution in [-0.4, -0.2) is 29.6 Å². The Labute approximate surface area is 94.2 Å². The maximum absolute atomic E-state index is 6.22. The summed E-state index contributed by atoms with van der Waals surface area (Å²) in [6.07, 6.45) is 8.23. The summed E-state index contributed by atoms with van der Waals surface area (Å²) in [5, 5.41) is 0. The Kier molecular flexibility index (Phi) is 3.36. The lowest BCUT2D eigenvalue weighted by atomic mass is 9.79. The van der Waals surface area contributed by atoms with Crippen LogP contribution in [0.2, 0.25) is 0 Å². The lowest BCUT2D eigenvalue weighted by Crippen LogP contribution is -2.69. The van der Waals surface area contributed by atoms with E-state index < -0.39 is 0 Å². The van der Waals surface area contributed by atoms with Gasteiger partial charge >= 0.3 is 0 Å². The van der Waals surface area contributed by atoms with Gasteiger partial charge in [-0.05, 0) is 25.2 Å². The molecule has 0 spiro atoms. The first-order valence-electron chi connectivity index (χ1n) is 6.70. The second-order valence-corrected chi connectivity index (χ2v) is 5.72. The molecule has 0 amide bonds. The van der Waals surface area contributed by atoms with Crippen molar-refractivity contribution in [1.82, 2.24) is 4.90 Å². The third-order valence-electron chi connectivity index (χ3n) is 4.59. The van der Waals surface area contributed by atoms with Crippen LogP contribution in [0.4, 0.5) is 0 Å². The van der Waals surface area contributed by atoms with Crippen LogP contribution < -0.4 is 5.73 Å². The van der Waals surface area contributed by atoms with Gasteiger partial charge in [0.05, 0.1) is 0 Å². The highest BCUT2D eigenvalue weighted by molar-refractivity contribution is 5.01. The van der Waals surface area contributed by atoms with Gasteiger partial charge in [0.15, 0.2) is 0 Å². The second kappa shape index (κ2) is 4.42. The number of nitrogens with zero attached hydrogens (tertiary/aromatic N) is 1. The molecule has 0 aromatic heterocycles. The zero-order valence-electron chi connectivity index (χ0n) is 10.3. The normalized spacial score (nSPS) is 36.2.